The molecule has 1 unspecified atom stereocenters. The van der Waals surface area contributed by atoms with Gasteiger partial charge in [0, 0.05) is 32.3 Å². The van der Waals surface area contributed by atoms with Crippen LogP contribution in [0.5, 0.6) is 0 Å². The van der Waals surface area contributed by atoms with Crippen LogP contribution in [0.1, 0.15) is 51.9 Å². The van der Waals surface area contributed by atoms with E-state index >= 15 is 0 Å². The monoisotopic (exact) mass is 304 g/mol. The molecule has 2 fully saturated rings. The van der Waals surface area contributed by atoms with Crippen LogP contribution < -0.4 is 0 Å². The number of hydrogen-bond acceptors (Lipinski definition) is 3. The maximum absolute atomic E-state index is 12.8. The van der Waals surface area contributed by atoms with Crippen molar-refractivity contribution in [1.82, 2.24) is 8.61 Å². The molecule has 6 heteroatoms. The van der Waals surface area contributed by atoms with Gasteiger partial charge in [-0.1, -0.05) is 19.8 Å². The third-order valence-electron chi connectivity index (χ3n) is 4.65. The Labute approximate surface area is 123 Å². The molecule has 20 heavy (non-hydrogen) atoms. The highest BCUT2D eigenvalue weighted by atomic mass is 32.2. The molecule has 0 aromatic rings. The van der Waals surface area contributed by atoms with Crippen LogP contribution in [0.15, 0.2) is 0 Å². The molecule has 2 aliphatic heterocycles. The van der Waals surface area contributed by atoms with E-state index in [1.165, 1.54) is 0 Å². The van der Waals surface area contributed by atoms with Crippen molar-refractivity contribution in [3.8, 4) is 0 Å². The third-order valence-corrected chi connectivity index (χ3v) is 6.74. The van der Waals surface area contributed by atoms with E-state index in [0.717, 1.165) is 44.9 Å². The molecule has 2 aliphatic rings. The smallest absolute Gasteiger partial charge is 0.282 e. The zero-order valence-electron chi connectivity index (χ0n) is 12.5. The van der Waals surface area contributed by atoms with E-state index < -0.39 is 10.2 Å². The first-order valence-corrected chi connectivity index (χ1v) is 9.37. The standard InChI is InChI=1S/C14H28N2O3S/c1-2-5-14-6-3-4-9-16(14)20(18,19)15-10-7-13(12-17)8-11-15/h13-14,17H,2-12H2,1H3. The van der Waals surface area contributed by atoms with Gasteiger partial charge in [-0.3, -0.25) is 0 Å². The Kier molecular flexibility index (Phi) is 5.84. The second-order valence-corrected chi connectivity index (χ2v) is 7.96. The zero-order valence-corrected chi connectivity index (χ0v) is 13.3. The predicted molar refractivity (Wildman–Crippen MR) is 79.6 cm³/mol. The van der Waals surface area contributed by atoms with Crippen LogP contribution in [0.3, 0.4) is 0 Å². The molecule has 5 nitrogen and oxygen atoms in total. The molecule has 0 spiro atoms. The van der Waals surface area contributed by atoms with Gasteiger partial charge in [-0.05, 0) is 38.0 Å². The van der Waals surface area contributed by atoms with Crippen LogP contribution in [0, 0.1) is 5.92 Å². The van der Waals surface area contributed by atoms with E-state index in [4.69, 9.17) is 5.11 Å². The molecule has 0 radical (unpaired) electrons. The summed E-state index contributed by atoms with van der Waals surface area (Å²) in [6.07, 6.45) is 6.68. The van der Waals surface area contributed by atoms with Gasteiger partial charge < -0.3 is 5.11 Å². The van der Waals surface area contributed by atoms with Crippen molar-refractivity contribution in [2.24, 2.45) is 5.92 Å². The highest BCUT2D eigenvalue weighted by Crippen LogP contribution is 2.28. The minimum atomic E-state index is -3.30. The lowest BCUT2D eigenvalue weighted by atomic mass is 10.00. The summed E-state index contributed by atoms with van der Waals surface area (Å²) < 4.78 is 29.0. The summed E-state index contributed by atoms with van der Waals surface area (Å²) in [6.45, 7) is 4.08. The molecule has 2 saturated heterocycles. The van der Waals surface area contributed by atoms with Gasteiger partial charge in [-0.25, -0.2) is 0 Å². The van der Waals surface area contributed by atoms with E-state index in [2.05, 4.69) is 6.92 Å². The molecule has 0 aromatic carbocycles. The Morgan fingerprint density at radius 1 is 1.10 bits per heavy atom. The molecule has 118 valence electrons. The number of piperidine rings is 2. The minimum absolute atomic E-state index is 0.177. The fourth-order valence-electron chi connectivity index (χ4n) is 3.37. The Balaban J connectivity index is 2.04. The molecular weight excluding hydrogens is 276 g/mol. The normalized spacial score (nSPS) is 27.8. The van der Waals surface area contributed by atoms with Crippen LogP contribution in [0.25, 0.3) is 0 Å². The SMILES string of the molecule is CCCC1CCCCN1S(=O)(=O)N1CCC(CO)CC1. The summed E-state index contributed by atoms with van der Waals surface area (Å²) in [5.74, 6) is 0.272. The second-order valence-electron chi connectivity index (χ2n) is 6.08. The van der Waals surface area contributed by atoms with Crippen LogP contribution in [-0.2, 0) is 10.2 Å². The molecule has 0 aromatic heterocycles. The Bertz CT molecular complexity index is 389. The van der Waals surface area contributed by atoms with E-state index in [1.54, 1.807) is 8.61 Å². The lowest BCUT2D eigenvalue weighted by molar-refractivity contribution is 0.158. The van der Waals surface area contributed by atoms with Crippen molar-refractivity contribution in [3.05, 3.63) is 0 Å². The predicted octanol–water partition coefficient (Wildman–Crippen LogP) is 1.59. The van der Waals surface area contributed by atoms with Gasteiger partial charge in [0.15, 0.2) is 0 Å². The molecule has 2 rings (SSSR count). The van der Waals surface area contributed by atoms with Crippen molar-refractivity contribution >= 4 is 10.2 Å². The lowest BCUT2D eigenvalue weighted by Crippen LogP contribution is -2.52. The molecule has 0 amide bonds. The number of hydrogen-bond donors (Lipinski definition) is 1. The van der Waals surface area contributed by atoms with Gasteiger partial charge in [0.2, 0.25) is 0 Å². The molecule has 1 atom stereocenters. The van der Waals surface area contributed by atoms with E-state index in [1.807, 2.05) is 0 Å². The van der Waals surface area contributed by atoms with Crippen LogP contribution in [0.2, 0.25) is 0 Å². The molecular formula is C14H28N2O3S. The first-order valence-electron chi connectivity index (χ1n) is 7.97. The number of aliphatic hydroxyl groups excluding tert-OH is 1. The summed E-state index contributed by atoms with van der Waals surface area (Å²) in [5, 5.41) is 9.16. The fourth-order valence-corrected chi connectivity index (χ4v) is 5.29. The summed E-state index contributed by atoms with van der Waals surface area (Å²) in [6, 6.07) is 0.189. The Morgan fingerprint density at radius 2 is 1.80 bits per heavy atom. The maximum Gasteiger partial charge on any atom is 0.282 e. The van der Waals surface area contributed by atoms with E-state index in [-0.39, 0.29) is 18.6 Å². The van der Waals surface area contributed by atoms with Crippen LogP contribution in [0.4, 0.5) is 0 Å². The summed E-state index contributed by atoms with van der Waals surface area (Å²) in [5.41, 5.74) is 0. The first kappa shape index (κ1) is 16.2. The third kappa shape index (κ3) is 3.53. The summed E-state index contributed by atoms with van der Waals surface area (Å²) in [7, 11) is -3.30. The number of aliphatic hydroxyl groups is 1. The quantitative estimate of drug-likeness (QED) is 0.839. The van der Waals surface area contributed by atoms with Crippen molar-refractivity contribution in [3.63, 3.8) is 0 Å². The topological polar surface area (TPSA) is 60.9 Å². The van der Waals surface area contributed by atoms with Crippen LogP contribution >= 0.6 is 0 Å². The van der Waals surface area contributed by atoms with Gasteiger partial charge in [-0.15, -0.1) is 0 Å². The fraction of sp³-hybridized carbons (Fsp3) is 1.00. The van der Waals surface area contributed by atoms with E-state index in [0.29, 0.717) is 19.6 Å². The highest BCUT2D eigenvalue weighted by molar-refractivity contribution is 7.86. The Hall–Kier alpha value is -0.170. The van der Waals surface area contributed by atoms with Crippen molar-refractivity contribution < 1.29 is 13.5 Å². The summed E-state index contributed by atoms with van der Waals surface area (Å²) in [4.78, 5) is 0. The molecule has 0 bridgehead atoms. The maximum atomic E-state index is 12.8. The molecule has 0 aliphatic carbocycles. The summed E-state index contributed by atoms with van der Waals surface area (Å²) >= 11 is 0. The van der Waals surface area contributed by atoms with E-state index in [9.17, 15) is 8.42 Å². The lowest BCUT2D eigenvalue weighted by Gasteiger charge is -2.40. The second kappa shape index (κ2) is 7.20. The number of nitrogens with zero attached hydrogens (tertiary/aromatic N) is 2. The van der Waals surface area contributed by atoms with Gasteiger partial charge in [-0.2, -0.15) is 17.0 Å². The average molecular weight is 304 g/mol. The van der Waals surface area contributed by atoms with Crippen LogP contribution in [-0.4, -0.2) is 54.4 Å². The Morgan fingerprint density at radius 3 is 2.40 bits per heavy atom. The molecule has 0 saturated carbocycles. The largest absolute Gasteiger partial charge is 0.396 e. The van der Waals surface area contributed by atoms with Crippen molar-refractivity contribution in [2.45, 2.75) is 57.9 Å². The number of rotatable bonds is 5. The molecule has 2 heterocycles. The molecule has 1 N–H and O–H groups in total. The highest BCUT2D eigenvalue weighted by Gasteiger charge is 2.37. The first-order chi connectivity index (χ1) is 9.59. The van der Waals surface area contributed by atoms with Gasteiger partial charge in [0.05, 0.1) is 0 Å². The zero-order chi connectivity index (χ0) is 14.6. The minimum Gasteiger partial charge on any atom is -0.396 e. The van der Waals surface area contributed by atoms with Crippen molar-refractivity contribution in [1.29, 1.82) is 0 Å². The van der Waals surface area contributed by atoms with Gasteiger partial charge >= 0.3 is 0 Å². The van der Waals surface area contributed by atoms with Crippen molar-refractivity contribution in [2.75, 3.05) is 26.2 Å². The van der Waals surface area contributed by atoms with Gasteiger partial charge in [0.1, 0.15) is 0 Å². The average Bonchev–Trinajstić information content (AvgIpc) is 2.48. The van der Waals surface area contributed by atoms with Gasteiger partial charge in [0.25, 0.3) is 10.2 Å².